The highest BCUT2D eigenvalue weighted by molar-refractivity contribution is 6.12. The third-order valence-electron chi connectivity index (χ3n) is 18.3. The molecular weight excluding hydrogens is 989 g/mol. The highest BCUT2D eigenvalue weighted by Gasteiger charge is 2.53. The summed E-state index contributed by atoms with van der Waals surface area (Å²) in [6, 6.07) is 118. The van der Waals surface area contributed by atoms with E-state index >= 15 is 0 Å². The van der Waals surface area contributed by atoms with Crippen LogP contribution in [0, 0.1) is 0 Å². The molecule has 0 N–H and O–H groups in total. The Kier molecular flexibility index (Phi) is 10.2. The number of hydrogen-bond acceptors (Lipinski definition) is 1. The topological polar surface area (TPSA) is 8.17 Å². The van der Waals surface area contributed by atoms with Crippen molar-refractivity contribution in [3.05, 3.63) is 360 Å². The first-order valence-electron chi connectivity index (χ1n) is 28.6. The molecule has 13 aromatic carbocycles. The van der Waals surface area contributed by atoms with Gasteiger partial charge >= 0.3 is 0 Å². The highest BCUT2D eigenvalue weighted by Crippen LogP contribution is 2.65. The maximum Gasteiger partial charge on any atom is 0.0727 e. The normalized spacial score (nSPS) is 13.6. The maximum atomic E-state index is 2.55. The van der Waals surface area contributed by atoms with Gasteiger partial charge in [0.1, 0.15) is 0 Å². The van der Waals surface area contributed by atoms with Gasteiger partial charge in [0.25, 0.3) is 0 Å². The smallest absolute Gasteiger partial charge is 0.0727 e. The summed E-state index contributed by atoms with van der Waals surface area (Å²) in [6.45, 7) is 0. The van der Waals surface area contributed by atoms with Crippen LogP contribution in [-0.2, 0) is 10.8 Å². The van der Waals surface area contributed by atoms with Crippen molar-refractivity contribution in [1.29, 1.82) is 0 Å². The van der Waals surface area contributed by atoms with E-state index in [-0.39, 0.29) is 0 Å². The van der Waals surface area contributed by atoms with Crippen molar-refractivity contribution in [1.82, 2.24) is 4.57 Å². The summed E-state index contributed by atoms with van der Waals surface area (Å²) in [5.41, 5.74) is 28.2. The van der Waals surface area contributed by atoms with Crippen LogP contribution in [0.2, 0.25) is 0 Å². The molecule has 1 heterocycles. The van der Waals surface area contributed by atoms with Gasteiger partial charge in [-0.2, -0.15) is 0 Å². The number of hydrogen-bond donors (Lipinski definition) is 0. The predicted molar refractivity (Wildman–Crippen MR) is 340 cm³/mol. The molecule has 2 heteroatoms. The van der Waals surface area contributed by atoms with Gasteiger partial charge in [-0.05, 0) is 155 Å². The first-order chi connectivity index (χ1) is 40.7. The van der Waals surface area contributed by atoms with Gasteiger partial charge in [-0.25, -0.2) is 0 Å². The summed E-state index contributed by atoms with van der Waals surface area (Å²) in [5, 5.41) is 2.48. The van der Waals surface area contributed by atoms with Gasteiger partial charge in [0.05, 0.1) is 27.6 Å². The third-order valence-corrected chi connectivity index (χ3v) is 18.3. The van der Waals surface area contributed by atoms with Gasteiger partial charge in [0, 0.05) is 33.4 Å². The van der Waals surface area contributed by atoms with Gasteiger partial charge in [-0.15, -0.1) is 0 Å². The average molecular weight is 1040 g/mol. The molecule has 14 aromatic rings. The molecule has 82 heavy (non-hydrogen) atoms. The molecule has 0 saturated heterocycles. The summed E-state index contributed by atoms with van der Waals surface area (Å²) < 4.78 is 2.54. The lowest BCUT2D eigenvalue weighted by Gasteiger charge is -2.35. The molecule has 0 unspecified atom stereocenters. The molecule has 17 rings (SSSR count). The molecule has 0 saturated carbocycles. The second kappa shape index (κ2) is 18.0. The average Bonchev–Trinajstić information content (AvgIpc) is 1.75. The molecule has 3 aliphatic rings. The largest absolute Gasteiger partial charge is 0.310 e. The summed E-state index contributed by atoms with van der Waals surface area (Å²) in [7, 11) is 0. The Bertz CT molecular complexity index is 4760. The van der Waals surface area contributed by atoms with E-state index in [9.17, 15) is 0 Å². The van der Waals surface area contributed by atoms with Crippen LogP contribution < -0.4 is 4.90 Å². The van der Waals surface area contributed by atoms with Crippen LogP contribution in [0.15, 0.2) is 315 Å². The van der Waals surface area contributed by atoms with Crippen molar-refractivity contribution in [3.8, 4) is 61.3 Å². The molecule has 0 amide bonds. The fourth-order valence-corrected chi connectivity index (χ4v) is 15.0. The first-order valence-corrected chi connectivity index (χ1v) is 28.6. The predicted octanol–water partition coefficient (Wildman–Crippen LogP) is 20.3. The van der Waals surface area contributed by atoms with Crippen molar-refractivity contribution >= 4 is 38.9 Å². The standard InChI is InChI=1S/C80H52N2/c1-5-22-53(23-6-1)55-40-43-59(44-41-55)81(60-45-47-65-64-32-13-17-34-69(64)79(73(65)51-60,57-26-9-3-10-27-57)58-28-11-4-12-29-58)61-46-48-67-74(52-61)80(70-35-18-14-30-62(70)63-31-15-19-36-71(63)80)72-37-21-39-77(78(67)72)82-75-38-20-16-33-66(75)68-50-56(42-49-76(68)82)54-24-7-2-8-25-54/h1-52H. The highest BCUT2D eigenvalue weighted by atomic mass is 15.1. The molecule has 2 nitrogen and oxygen atoms in total. The van der Waals surface area contributed by atoms with Crippen LogP contribution in [0.25, 0.3) is 83.1 Å². The van der Waals surface area contributed by atoms with Gasteiger partial charge in [-0.1, -0.05) is 255 Å². The first kappa shape index (κ1) is 46.4. The minimum absolute atomic E-state index is 0.569. The number of nitrogens with zero attached hydrogens (tertiary/aromatic N) is 2. The van der Waals surface area contributed by atoms with Crippen molar-refractivity contribution in [3.63, 3.8) is 0 Å². The van der Waals surface area contributed by atoms with E-state index in [2.05, 4.69) is 325 Å². The van der Waals surface area contributed by atoms with E-state index in [1.807, 2.05) is 0 Å². The molecule has 1 spiro atoms. The number of anilines is 3. The number of aromatic nitrogens is 1. The summed E-state index contributed by atoms with van der Waals surface area (Å²) in [4.78, 5) is 2.51. The lowest BCUT2D eigenvalue weighted by Crippen LogP contribution is -2.28. The van der Waals surface area contributed by atoms with E-state index in [4.69, 9.17) is 0 Å². The van der Waals surface area contributed by atoms with Crippen LogP contribution in [0.3, 0.4) is 0 Å². The van der Waals surface area contributed by atoms with Gasteiger partial charge < -0.3 is 9.47 Å². The summed E-state index contributed by atoms with van der Waals surface area (Å²) in [6.07, 6.45) is 0. The van der Waals surface area contributed by atoms with Crippen molar-refractivity contribution in [2.24, 2.45) is 0 Å². The van der Waals surface area contributed by atoms with E-state index in [1.165, 1.54) is 128 Å². The second-order valence-electron chi connectivity index (χ2n) is 22.2. The number of para-hydroxylation sites is 1. The van der Waals surface area contributed by atoms with Crippen LogP contribution in [-0.4, -0.2) is 4.57 Å². The Morgan fingerprint density at radius 3 is 1.28 bits per heavy atom. The Morgan fingerprint density at radius 2 is 0.671 bits per heavy atom. The molecule has 382 valence electrons. The van der Waals surface area contributed by atoms with Crippen molar-refractivity contribution < 1.29 is 0 Å². The lowest BCUT2D eigenvalue weighted by atomic mass is 9.67. The molecule has 1 aromatic heterocycles. The van der Waals surface area contributed by atoms with Crippen LogP contribution in [0.1, 0.15) is 44.5 Å². The Hall–Kier alpha value is -10.5. The molecule has 0 aliphatic heterocycles. The molecule has 3 aliphatic carbocycles. The molecule has 0 bridgehead atoms. The van der Waals surface area contributed by atoms with Crippen LogP contribution in [0.4, 0.5) is 17.1 Å². The van der Waals surface area contributed by atoms with Crippen LogP contribution >= 0.6 is 0 Å². The van der Waals surface area contributed by atoms with Crippen molar-refractivity contribution in [2.45, 2.75) is 10.8 Å². The monoisotopic (exact) mass is 1040 g/mol. The minimum Gasteiger partial charge on any atom is -0.310 e. The molecular formula is C80H52N2. The van der Waals surface area contributed by atoms with E-state index < -0.39 is 10.8 Å². The number of fused-ring (bicyclic) bond motifs is 16. The van der Waals surface area contributed by atoms with E-state index in [0.717, 1.165) is 17.1 Å². The van der Waals surface area contributed by atoms with Gasteiger partial charge in [0.2, 0.25) is 0 Å². The van der Waals surface area contributed by atoms with E-state index in [0.29, 0.717) is 0 Å². The SMILES string of the molecule is c1ccc(-c2ccc(N(c3ccc4c(c3)C(c3ccccc3)(c3ccccc3)c3ccccc3-4)c3ccc4c(c3)C3(c5ccccc5-c5ccccc53)c3cccc(-n5c6ccccc6c6cc(-c7ccccc7)ccc65)c3-4)cc2)cc1. The van der Waals surface area contributed by atoms with E-state index in [1.54, 1.807) is 0 Å². The maximum absolute atomic E-state index is 2.55. The number of benzene rings is 13. The summed E-state index contributed by atoms with van der Waals surface area (Å²) >= 11 is 0. The fraction of sp³-hybridized carbons (Fsp3) is 0.0250. The van der Waals surface area contributed by atoms with Gasteiger partial charge in [0.15, 0.2) is 0 Å². The summed E-state index contributed by atoms with van der Waals surface area (Å²) in [5.74, 6) is 0. The molecule has 0 atom stereocenters. The Balaban J connectivity index is 0.936. The molecule has 0 radical (unpaired) electrons. The zero-order valence-electron chi connectivity index (χ0n) is 44.9. The Morgan fingerprint density at radius 1 is 0.244 bits per heavy atom. The lowest BCUT2D eigenvalue weighted by molar-refractivity contribution is 0.768. The van der Waals surface area contributed by atoms with Crippen LogP contribution in [0.5, 0.6) is 0 Å². The quantitative estimate of drug-likeness (QED) is 0.147. The second-order valence-corrected chi connectivity index (χ2v) is 22.2. The molecule has 0 fully saturated rings. The van der Waals surface area contributed by atoms with Crippen molar-refractivity contribution in [2.75, 3.05) is 4.90 Å². The van der Waals surface area contributed by atoms with Gasteiger partial charge in [-0.3, -0.25) is 0 Å². The zero-order valence-corrected chi connectivity index (χ0v) is 44.9. The zero-order chi connectivity index (χ0) is 53.9. The fourth-order valence-electron chi connectivity index (χ4n) is 15.0. The number of rotatable bonds is 8. The minimum atomic E-state index is -0.624. The third kappa shape index (κ3) is 6.46. The Labute approximate surface area is 477 Å².